The smallest absolute Gasteiger partial charge is 0.253 e. The lowest BCUT2D eigenvalue weighted by molar-refractivity contribution is -0.121. The third-order valence-corrected chi connectivity index (χ3v) is 4.25. The molecule has 0 saturated carbocycles. The number of benzene rings is 1. The predicted octanol–water partition coefficient (Wildman–Crippen LogP) is 2.21. The van der Waals surface area contributed by atoms with Crippen LogP contribution in [0, 0.1) is 12.8 Å². The van der Waals surface area contributed by atoms with Crippen molar-refractivity contribution in [1.82, 2.24) is 15.1 Å². The van der Waals surface area contributed by atoms with Crippen molar-refractivity contribution in [2.75, 3.05) is 18.4 Å². The number of H-pyrrole nitrogens is 1. The van der Waals surface area contributed by atoms with Gasteiger partial charge >= 0.3 is 0 Å². The van der Waals surface area contributed by atoms with Crippen molar-refractivity contribution < 1.29 is 9.59 Å². The minimum absolute atomic E-state index is 0.0100. The number of hydrogen-bond acceptors (Lipinski definition) is 3. The number of aromatic amines is 1. The van der Waals surface area contributed by atoms with Crippen LogP contribution in [-0.2, 0) is 4.79 Å². The molecule has 0 bridgehead atoms. The van der Waals surface area contributed by atoms with Gasteiger partial charge in [0, 0.05) is 30.1 Å². The van der Waals surface area contributed by atoms with Gasteiger partial charge in [0.15, 0.2) is 0 Å². The highest BCUT2D eigenvalue weighted by Crippen LogP contribution is 2.21. The van der Waals surface area contributed by atoms with E-state index >= 15 is 0 Å². The molecule has 0 aliphatic carbocycles. The van der Waals surface area contributed by atoms with E-state index in [4.69, 9.17) is 0 Å². The van der Waals surface area contributed by atoms with E-state index in [1.54, 1.807) is 6.20 Å². The summed E-state index contributed by atoms with van der Waals surface area (Å²) in [6.45, 7) is 3.10. The van der Waals surface area contributed by atoms with Crippen LogP contribution in [0.2, 0.25) is 0 Å². The second kappa shape index (κ2) is 6.64. The second-order valence-electron chi connectivity index (χ2n) is 5.85. The predicted molar refractivity (Wildman–Crippen MR) is 87.0 cm³/mol. The molecule has 1 aromatic heterocycles. The molecule has 3 rings (SSSR count). The van der Waals surface area contributed by atoms with E-state index in [1.165, 1.54) is 0 Å². The molecule has 1 aliphatic heterocycles. The summed E-state index contributed by atoms with van der Waals surface area (Å²) >= 11 is 0. The molecule has 1 aromatic carbocycles. The first-order valence-electron chi connectivity index (χ1n) is 7.80. The van der Waals surface area contributed by atoms with Gasteiger partial charge in [0.25, 0.3) is 5.91 Å². The molecule has 2 heterocycles. The molecule has 1 saturated heterocycles. The van der Waals surface area contributed by atoms with Gasteiger partial charge < -0.3 is 10.2 Å². The van der Waals surface area contributed by atoms with Crippen LogP contribution in [0.15, 0.2) is 36.5 Å². The van der Waals surface area contributed by atoms with E-state index in [2.05, 4.69) is 15.5 Å². The summed E-state index contributed by atoms with van der Waals surface area (Å²) in [5.41, 5.74) is 1.61. The molecule has 0 spiro atoms. The molecule has 1 aliphatic rings. The highest BCUT2D eigenvalue weighted by atomic mass is 16.2. The van der Waals surface area contributed by atoms with Gasteiger partial charge in [-0.1, -0.05) is 18.2 Å². The normalized spacial score (nSPS) is 15.4. The van der Waals surface area contributed by atoms with Crippen LogP contribution >= 0.6 is 0 Å². The number of nitrogens with one attached hydrogen (secondary N) is 2. The molecule has 23 heavy (non-hydrogen) atoms. The van der Waals surface area contributed by atoms with E-state index in [-0.39, 0.29) is 17.7 Å². The minimum Gasteiger partial charge on any atom is -0.339 e. The number of hydrogen-bond donors (Lipinski definition) is 2. The summed E-state index contributed by atoms with van der Waals surface area (Å²) < 4.78 is 0. The molecule has 2 N–H and O–H groups in total. The number of aryl methyl sites for hydroxylation is 1. The van der Waals surface area contributed by atoms with Gasteiger partial charge in [-0.3, -0.25) is 14.7 Å². The number of rotatable bonds is 3. The van der Waals surface area contributed by atoms with Crippen molar-refractivity contribution in [2.24, 2.45) is 5.92 Å². The van der Waals surface area contributed by atoms with Crippen LogP contribution in [0.25, 0.3) is 0 Å². The average Bonchev–Trinajstić information content (AvgIpc) is 3.00. The van der Waals surface area contributed by atoms with Crippen LogP contribution in [0.5, 0.6) is 0 Å². The molecule has 0 radical (unpaired) electrons. The van der Waals surface area contributed by atoms with Gasteiger partial charge in [0.05, 0.1) is 6.20 Å². The van der Waals surface area contributed by atoms with E-state index in [9.17, 15) is 9.59 Å². The van der Waals surface area contributed by atoms with E-state index in [0.717, 1.165) is 5.56 Å². The summed E-state index contributed by atoms with van der Waals surface area (Å²) in [4.78, 5) is 26.5. The molecule has 1 fully saturated rings. The van der Waals surface area contributed by atoms with Gasteiger partial charge in [0.2, 0.25) is 5.91 Å². The number of carbonyl (C=O) groups is 2. The van der Waals surface area contributed by atoms with Crippen LogP contribution in [0.1, 0.15) is 28.8 Å². The molecule has 2 aromatic rings. The van der Waals surface area contributed by atoms with E-state index < -0.39 is 0 Å². The highest BCUT2D eigenvalue weighted by Gasteiger charge is 2.28. The Morgan fingerprint density at radius 3 is 2.52 bits per heavy atom. The maximum absolute atomic E-state index is 12.4. The average molecular weight is 312 g/mol. The SMILES string of the molecule is Cc1cn[nH]c1NC(=O)C1CCN(C(=O)c2ccccc2)CC1. The first-order valence-corrected chi connectivity index (χ1v) is 7.80. The molecule has 6 heteroatoms. The van der Waals surface area contributed by atoms with Crippen molar-refractivity contribution in [1.29, 1.82) is 0 Å². The summed E-state index contributed by atoms with van der Waals surface area (Å²) in [6.07, 6.45) is 3.03. The fourth-order valence-electron chi connectivity index (χ4n) is 2.81. The zero-order valence-corrected chi connectivity index (χ0v) is 13.1. The maximum atomic E-state index is 12.4. The molecule has 6 nitrogen and oxygen atoms in total. The summed E-state index contributed by atoms with van der Waals surface area (Å²) in [5, 5.41) is 9.55. The zero-order chi connectivity index (χ0) is 16.2. The van der Waals surface area contributed by atoms with Gasteiger partial charge in [-0.2, -0.15) is 5.10 Å². The van der Waals surface area contributed by atoms with Crippen molar-refractivity contribution in [2.45, 2.75) is 19.8 Å². The largest absolute Gasteiger partial charge is 0.339 e. The van der Waals surface area contributed by atoms with E-state index in [1.807, 2.05) is 42.2 Å². The van der Waals surface area contributed by atoms with Crippen LogP contribution in [0.4, 0.5) is 5.82 Å². The number of likely N-dealkylation sites (tertiary alicyclic amines) is 1. The third-order valence-electron chi connectivity index (χ3n) is 4.25. The Hall–Kier alpha value is -2.63. The highest BCUT2D eigenvalue weighted by molar-refractivity contribution is 5.95. The Kier molecular flexibility index (Phi) is 4.41. The molecule has 0 unspecified atom stereocenters. The number of amides is 2. The second-order valence-corrected chi connectivity index (χ2v) is 5.85. The fraction of sp³-hybridized carbons (Fsp3) is 0.353. The monoisotopic (exact) mass is 312 g/mol. The quantitative estimate of drug-likeness (QED) is 0.912. The number of anilines is 1. The number of nitrogens with zero attached hydrogens (tertiary/aromatic N) is 2. The minimum atomic E-state index is -0.0717. The van der Waals surface area contributed by atoms with Crippen LogP contribution in [-0.4, -0.2) is 40.0 Å². The lowest BCUT2D eigenvalue weighted by atomic mass is 9.95. The van der Waals surface area contributed by atoms with Gasteiger partial charge in [0.1, 0.15) is 5.82 Å². The maximum Gasteiger partial charge on any atom is 0.253 e. The molecule has 120 valence electrons. The van der Waals surface area contributed by atoms with Crippen molar-refractivity contribution >= 4 is 17.6 Å². The number of aromatic nitrogens is 2. The molecule has 0 atom stereocenters. The van der Waals surface area contributed by atoms with Gasteiger partial charge in [-0.15, -0.1) is 0 Å². The molecule has 2 amide bonds. The molecular weight excluding hydrogens is 292 g/mol. The first kappa shape index (κ1) is 15.3. The Labute approximate surface area is 134 Å². The topological polar surface area (TPSA) is 78.1 Å². The summed E-state index contributed by atoms with van der Waals surface area (Å²) in [5.74, 6) is 0.605. The van der Waals surface area contributed by atoms with Crippen LogP contribution < -0.4 is 5.32 Å². The van der Waals surface area contributed by atoms with Crippen molar-refractivity contribution in [3.63, 3.8) is 0 Å². The Morgan fingerprint density at radius 2 is 1.91 bits per heavy atom. The zero-order valence-electron chi connectivity index (χ0n) is 13.1. The Balaban J connectivity index is 1.55. The Bertz CT molecular complexity index is 688. The Morgan fingerprint density at radius 1 is 1.22 bits per heavy atom. The number of carbonyl (C=O) groups excluding carboxylic acids is 2. The molecular formula is C17H20N4O2. The lowest BCUT2D eigenvalue weighted by Crippen LogP contribution is -2.41. The van der Waals surface area contributed by atoms with E-state index in [0.29, 0.717) is 37.3 Å². The summed E-state index contributed by atoms with van der Waals surface area (Å²) in [7, 11) is 0. The first-order chi connectivity index (χ1) is 11.1. The van der Waals surface area contributed by atoms with Gasteiger partial charge in [-0.05, 0) is 31.9 Å². The summed E-state index contributed by atoms with van der Waals surface area (Å²) in [6, 6.07) is 9.26. The van der Waals surface area contributed by atoms with Crippen molar-refractivity contribution in [3.05, 3.63) is 47.7 Å². The lowest BCUT2D eigenvalue weighted by Gasteiger charge is -2.31. The number of piperidine rings is 1. The fourth-order valence-corrected chi connectivity index (χ4v) is 2.81. The van der Waals surface area contributed by atoms with Gasteiger partial charge in [-0.25, -0.2) is 0 Å². The third kappa shape index (κ3) is 3.41. The van der Waals surface area contributed by atoms with Crippen molar-refractivity contribution in [3.8, 4) is 0 Å². The van der Waals surface area contributed by atoms with Crippen LogP contribution in [0.3, 0.4) is 0 Å². The standard InChI is InChI=1S/C17H20N4O2/c1-12-11-18-20-15(12)19-16(22)13-7-9-21(10-8-13)17(23)14-5-3-2-4-6-14/h2-6,11,13H,7-10H2,1H3,(H2,18,19,20,22).